The predicted molar refractivity (Wildman–Crippen MR) is 294 cm³/mol. The first kappa shape index (κ1) is 25.8. The van der Waals surface area contributed by atoms with Crippen molar-refractivity contribution in [1.29, 1.82) is 0 Å². The standard InChI is InChI=1S/C66H60N3O.Pt/c1-64(2,3)52-32-33-59(55(40-52)47-24-17-12-18-25-47)69-60-27-19-26-54(61(60)68-63(69)56-41-53(65(4,5)6)42-57(62(56)70)66(7,8)9)50-36-49(44-22-15-11-16-23-44)37-51(38-50)58-39-48(34-35-67-58)46-30-28-45(29-31-46)43-20-13-10-14-21-43;/h10-37,39-42,70H,1-9H3;/q-1;/i1D3,2D3,3D3,4D3,5D3,6D3,7D3,8D3,9D3;. The van der Waals surface area contributed by atoms with E-state index in [1.54, 1.807) is 36.5 Å². The van der Waals surface area contributed by atoms with E-state index in [4.69, 9.17) is 47.0 Å². The maximum atomic E-state index is 13.2. The molecule has 2 aromatic heterocycles. The van der Waals surface area contributed by atoms with Gasteiger partial charge in [0.25, 0.3) is 0 Å². The molecule has 0 aliphatic rings. The minimum atomic E-state index is -4.34. The summed E-state index contributed by atoms with van der Waals surface area (Å²) in [5.41, 5.74) is -11.6. The van der Waals surface area contributed by atoms with E-state index in [2.05, 4.69) is 6.07 Å². The molecule has 8 aromatic carbocycles. The van der Waals surface area contributed by atoms with Crippen LogP contribution in [-0.2, 0) is 37.3 Å². The van der Waals surface area contributed by atoms with Crippen LogP contribution >= 0.6 is 0 Å². The SMILES string of the molecule is [2H]C([2H])([2H])C(c1ccc(-n2c(-c3cc(C(C([2H])([2H])[2H])(C([2H])([2H])[2H])C([2H])([2H])[2H])cc(C(C([2H])([2H])[2H])(C([2H])([2H])[2H])C([2H])([2H])[2H])c3O)nc3c(-c4[c-]c(-c5cc(-c6ccc(-c7ccccc7)cc6)ccn5)cc(-c5ccccc5)c4)cccc32)c(-c2ccccc2)c1)(C([2H])([2H])[2H])C([2H])([2H])[2H].[Pt]. The van der Waals surface area contributed by atoms with E-state index in [1.807, 2.05) is 91.0 Å². The van der Waals surface area contributed by atoms with Crippen molar-refractivity contribution >= 4 is 11.0 Å². The largest absolute Gasteiger partial charge is 0.507 e. The number of phenols is 1. The molecule has 0 fully saturated rings. The number of aromatic hydroxyl groups is 1. The summed E-state index contributed by atoms with van der Waals surface area (Å²) < 4.78 is 238. The number of imidazole rings is 1. The predicted octanol–water partition coefficient (Wildman–Crippen LogP) is 17.5. The smallest absolute Gasteiger partial charge is 0.148 e. The van der Waals surface area contributed by atoms with Crippen molar-refractivity contribution < 1.29 is 63.2 Å². The Hall–Kier alpha value is -7.13. The Morgan fingerprint density at radius 1 is 0.465 bits per heavy atom. The van der Waals surface area contributed by atoms with E-state index < -0.39 is 112 Å². The molecular weight excluding hydrogens is 1050 g/mol. The molecule has 0 unspecified atom stereocenters. The van der Waals surface area contributed by atoms with Gasteiger partial charge in [-0.25, -0.2) is 4.98 Å². The average molecular weight is 1130 g/mol. The van der Waals surface area contributed by atoms with Crippen molar-refractivity contribution in [3.8, 4) is 89.7 Å². The van der Waals surface area contributed by atoms with Crippen LogP contribution in [-0.4, -0.2) is 19.6 Å². The maximum absolute atomic E-state index is 13.2. The van der Waals surface area contributed by atoms with Gasteiger partial charge in [-0.05, 0) is 91.1 Å². The third kappa shape index (κ3) is 9.84. The first-order valence-electron chi connectivity index (χ1n) is 35.6. The number of nitrogens with zero attached hydrogens (tertiary/aromatic N) is 3. The Kier molecular flexibility index (Phi) is 6.99. The van der Waals surface area contributed by atoms with Gasteiger partial charge in [0.1, 0.15) is 11.6 Å². The molecule has 0 bridgehead atoms. The molecule has 1 N–H and O–H groups in total. The van der Waals surface area contributed by atoms with E-state index in [0.717, 1.165) is 45.0 Å². The zero-order valence-corrected chi connectivity index (χ0v) is 39.9. The molecule has 356 valence electrons. The number of benzene rings is 8. The molecule has 71 heavy (non-hydrogen) atoms. The summed E-state index contributed by atoms with van der Waals surface area (Å²) >= 11 is 0. The van der Waals surface area contributed by atoms with Crippen LogP contribution in [0, 0.1) is 6.07 Å². The Morgan fingerprint density at radius 2 is 1.03 bits per heavy atom. The summed E-state index contributed by atoms with van der Waals surface area (Å²) in [6, 6.07) is 53.3. The van der Waals surface area contributed by atoms with E-state index >= 15 is 0 Å². The fourth-order valence-electron chi connectivity index (χ4n) is 8.76. The fraction of sp³-hybridized carbons (Fsp3) is 0.182. The fourth-order valence-corrected chi connectivity index (χ4v) is 8.76. The molecule has 10 aromatic rings. The van der Waals surface area contributed by atoms with Crippen molar-refractivity contribution in [3.63, 3.8) is 0 Å². The van der Waals surface area contributed by atoms with Gasteiger partial charge in [-0.2, -0.15) is 0 Å². The third-order valence-electron chi connectivity index (χ3n) is 12.3. The van der Waals surface area contributed by atoms with Crippen LogP contribution < -0.4 is 0 Å². The molecule has 10 rings (SSSR count). The number of hydrogen-bond donors (Lipinski definition) is 1. The van der Waals surface area contributed by atoms with Crippen LogP contribution in [0.2, 0.25) is 0 Å². The van der Waals surface area contributed by atoms with Gasteiger partial charge in [0.05, 0.1) is 22.3 Å². The molecule has 4 nitrogen and oxygen atoms in total. The summed E-state index contributed by atoms with van der Waals surface area (Å²) in [6.45, 7) is -37.0. The Balaban J connectivity index is 0.0000112. The Labute approximate surface area is 472 Å². The summed E-state index contributed by atoms with van der Waals surface area (Å²) in [6.07, 6.45) is 1.62. The second-order valence-corrected chi connectivity index (χ2v) is 17.1. The van der Waals surface area contributed by atoms with E-state index in [0.29, 0.717) is 28.5 Å². The van der Waals surface area contributed by atoms with Gasteiger partial charge in [0, 0.05) is 81.1 Å². The molecule has 0 atom stereocenters. The second-order valence-electron chi connectivity index (χ2n) is 17.1. The summed E-state index contributed by atoms with van der Waals surface area (Å²) in [5, 5.41) is 13.2. The number of aromatic nitrogens is 3. The molecule has 0 aliphatic carbocycles. The Bertz CT molecular complexity index is 4460. The molecule has 0 radical (unpaired) electrons. The maximum Gasteiger partial charge on any atom is 0.148 e. The van der Waals surface area contributed by atoms with Gasteiger partial charge < -0.3 is 5.11 Å². The van der Waals surface area contributed by atoms with E-state index in [-0.39, 0.29) is 66.1 Å². The minimum Gasteiger partial charge on any atom is -0.507 e. The van der Waals surface area contributed by atoms with Crippen LogP contribution in [0.25, 0.3) is 95.0 Å². The zero-order chi connectivity index (χ0) is 71.5. The van der Waals surface area contributed by atoms with Crippen molar-refractivity contribution in [3.05, 3.63) is 217 Å². The molecule has 0 spiro atoms. The first-order chi connectivity index (χ1) is 44.8. The normalized spacial score (nSPS) is 19.2. The molecule has 0 aliphatic heterocycles. The number of fused-ring (bicyclic) bond motifs is 1. The quantitative estimate of drug-likeness (QED) is 0.154. The van der Waals surface area contributed by atoms with Gasteiger partial charge in [-0.15, -0.1) is 23.8 Å². The zero-order valence-electron chi connectivity index (χ0n) is 64.6. The van der Waals surface area contributed by atoms with E-state index in [9.17, 15) is 5.11 Å². The van der Waals surface area contributed by atoms with Crippen molar-refractivity contribution in [2.24, 2.45) is 0 Å². The molecule has 0 saturated carbocycles. The number of hydrogen-bond acceptors (Lipinski definition) is 3. The van der Waals surface area contributed by atoms with Crippen molar-refractivity contribution in [1.82, 2.24) is 14.5 Å². The summed E-state index contributed by atoms with van der Waals surface area (Å²) in [4.78, 5) is 9.86. The number of rotatable bonds is 8. The number of para-hydroxylation sites is 1. The van der Waals surface area contributed by atoms with Gasteiger partial charge in [-0.3, -0.25) is 9.55 Å². The third-order valence-corrected chi connectivity index (χ3v) is 12.3. The number of phenolic OH excluding ortho intramolecular Hbond substituents is 1. The second kappa shape index (κ2) is 19.2. The van der Waals surface area contributed by atoms with Gasteiger partial charge >= 0.3 is 0 Å². The first-order valence-corrected chi connectivity index (χ1v) is 22.1. The van der Waals surface area contributed by atoms with Crippen LogP contribution in [0.5, 0.6) is 5.75 Å². The van der Waals surface area contributed by atoms with Crippen LogP contribution in [0.4, 0.5) is 0 Å². The van der Waals surface area contributed by atoms with Crippen LogP contribution in [0.3, 0.4) is 0 Å². The van der Waals surface area contributed by atoms with Crippen LogP contribution in [0.15, 0.2) is 194 Å². The molecule has 5 heteroatoms. The minimum absolute atomic E-state index is 0. The van der Waals surface area contributed by atoms with Crippen molar-refractivity contribution in [2.75, 3.05) is 0 Å². The molecular formula is C66H60N3OPt-. The van der Waals surface area contributed by atoms with Gasteiger partial charge in [0.15, 0.2) is 0 Å². The van der Waals surface area contributed by atoms with Gasteiger partial charge in [-0.1, -0.05) is 224 Å². The average Bonchev–Trinajstić information content (AvgIpc) is 0.966. The van der Waals surface area contributed by atoms with Crippen LogP contribution in [0.1, 0.15) is 115 Å². The van der Waals surface area contributed by atoms with E-state index in [1.165, 1.54) is 36.4 Å². The van der Waals surface area contributed by atoms with Gasteiger partial charge in [0.2, 0.25) is 0 Å². The Morgan fingerprint density at radius 3 is 1.68 bits per heavy atom. The topological polar surface area (TPSA) is 50.9 Å². The summed E-state index contributed by atoms with van der Waals surface area (Å²) in [7, 11) is 0. The van der Waals surface area contributed by atoms with Crippen molar-refractivity contribution in [2.45, 2.75) is 77.9 Å². The number of pyridine rings is 1. The molecule has 2 heterocycles. The summed E-state index contributed by atoms with van der Waals surface area (Å²) in [5.74, 6) is -2.36. The molecule has 0 amide bonds. The molecule has 0 saturated heterocycles. The monoisotopic (exact) mass is 1130 g/mol.